The van der Waals surface area contributed by atoms with Gasteiger partial charge in [-0.1, -0.05) is 0 Å². The van der Waals surface area contributed by atoms with Crippen molar-refractivity contribution in [2.24, 2.45) is 0 Å². The average Bonchev–Trinajstić information content (AvgIpc) is 2.61. The molecular formula is C17H24N2O2. The molecule has 4 nitrogen and oxygen atoms in total. The quantitative estimate of drug-likeness (QED) is 0.790. The van der Waals surface area contributed by atoms with Crippen molar-refractivity contribution in [2.45, 2.75) is 26.3 Å². The first-order valence-corrected chi connectivity index (χ1v) is 7.77. The molecule has 21 heavy (non-hydrogen) atoms. The van der Waals surface area contributed by atoms with Gasteiger partial charge >= 0.3 is 0 Å². The lowest BCUT2D eigenvalue weighted by molar-refractivity contribution is 0.0680. The van der Waals surface area contributed by atoms with Gasteiger partial charge in [-0.25, -0.2) is 0 Å². The second-order valence-corrected chi connectivity index (χ2v) is 6.29. The van der Waals surface area contributed by atoms with Crippen LogP contribution in [0.1, 0.15) is 27.9 Å². The molecule has 0 spiro atoms. The number of likely N-dealkylation sites (N-methyl/N-ethyl adjacent to an activating group) is 1. The average molecular weight is 288 g/mol. The summed E-state index contributed by atoms with van der Waals surface area (Å²) < 4.78 is 5.84. The maximum absolute atomic E-state index is 12.9. The molecule has 0 N–H and O–H groups in total. The van der Waals surface area contributed by atoms with Crippen molar-refractivity contribution in [3.63, 3.8) is 0 Å². The van der Waals surface area contributed by atoms with Gasteiger partial charge in [0.15, 0.2) is 5.78 Å². The van der Waals surface area contributed by atoms with Gasteiger partial charge in [0.25, 0.3) is 0 Å². The van der Waals surface area contributed by atoms with Crippen LogP contribution < -0.4 is 4.74 Å². The standard InChI is InChI=1S/C17H24N2O2/c1-12-10-14-16(11-13(12)2)21-9-4-15(17(14)20)19-7-5-18(3)6-8-19/h10-11,15H,4-9H2,1-3H3. The maximum Gasteiger partial charge on any atom is 0.183 e. The van der Waals surface area contributed by atoms with Gasteiger partial charge in [0.2, 0.25) is 0 Å². The van der Waals surface area contributed by atoms with E-state index < -0.39 is 0 Å². The third-order valence-electron chi connectivity index (χ3n) is 4.79. The number of aryl methyl sites for hydroxylation is 2. The van der Waals surface area contributed by atoms with E-state index >= 15 is 0 Å². The Labute approximate surface area is 126 Å². The van der Waals surface area contributed by atoms with Crippen LogP contribution in [0.3, 0.4) is 0 Å². The molecule has 0 aromatic heterocycles. The first kappa shape index (κ1) is 14.5. The number of nitrogens with zero attached hydrogens (tertiary/aromatic N) is 2. The van der Waals surface area contributed by atoms with E-state index in [1.807, 2.05) is 12.1 Å². The summed E-state index contributed by atoms with van der Waals surface area (Å²) in [5, 5.41) is 0. The van der Waals surface area contributed by atoms with Crippen LogP contribution in [-0.2, 0) is 0 Å². The van der Waals surface area contributed by atoms with Gasteiger partial charge in [0, 0.05) is 32.6 Å². The number of piperazine rings is 1. The molecule has 0 radical (unpaired) electrons. The first-order valence-electron chi connectivity index (χ1n) is 7.77. The van der Waals surface area contributed by atoms with Gasteiger partial charge in [-0.15, -0.1) is 0 Å². The summed E-state index contributed by atoms with van der Waals surface area (Å²) in [6.45, 7) is 8.73. The van der Waals surface area contributed by atoms with Crippen molar-refractivity contribution >= 4 is 5.78 Å². The molecule has 2 aliphatic rings. The largest absolute Gasteiger partial charge is 0.493 e. The Morgan fingerprint density at radius 1 is 1.10 bits per heavy atom. The van der Waals surface area contributed by atoms with E-state index in [-0.39, 0.29) is 11.8 Å². The summed E-state index contributed by atoms with van der Waals surface area (Å²) >= 11 is 0. The predicted molar refractivity (Wildman–Crippen MR) is 83.2 cm³/mol. The third-order valence-corrected chi connectivity index (χ3v) is 4.79. The zero-order valence-electron chi connectivity index (χ0n) is 13.2. The van der Waals surface area contributed by atoms with Crippen molar-refractivity contribution in [1.29, 1.82) is 0 Å². The molecule has 0 aliphatic carbocycles. The van der Waals surface area contributed by atoms with Crippen molar-refractivity contribution < 1.29 is 9.53 Å². The number of ether oxygens (including phenoxy) is 1. The summed E-state index contributed by atoms with van der Waals surface area (Å²) in [6, 6.07) is 3.98. The lowest BCUT2D eigenvalue weighted by atomic mass is 9.96. The molecule has 0 amide bonds. The van der Waals surface area contributed by atoms with Crippen LogP contribution in [-0.4, -0.2) is 61.5 Å². The molecule has 3 rings (SSSR count). The van der Waals surface area contributed by atoms with Crippen molar-refractivity contribution in [1.82, 2.24) is 9.80 Å². The number of fused-ring (bicyclic) bond motifs is 1. The fourth-order valence-electron chi connectivity index (χ4n) is 3.17. The normalized spacial score (nSPS) is 24.3. The second-order valence-electron chi connectivity index (χ2n) is 6.29. The SMILES string of the molecule is Cc1cc2c(cc1C)C(=O)C(N1CCN(C)CC1)CCO2. The number of carbonyl (C=O) groups excluding carboxylic acids is 1. The van der Waals surface area contributed by atoms with E-state index in [1.54, 1.807) is 0 Å². The van der Waals surface area contributed by atoms with Crippen molar-refractivity contribution in [2.75, 3.05) is 39.8 Å². The fraction of sp³-hybridized carbons (Fsp3) is 0.588. The number of benzene rings is 1. The summed E-state index contributed by atoms with van der Waals surface area (Å²) in [5.41, 5.74) is 3.10. The number of Topliss-reactive ketones (excluding diaryl/α,β-unsaturated/α-hetero) is 1. The van der Waals surface area contributed by atoms with Gasteiger partial charge in [0.1, 0.15) is 5.75 Å². The topological polar surface area (TPSA) is 32.8 Å². The Morgan fingerprint density at radius 3 is 2.48 bits per heavy atom. The Hall–Kier alpha value is -1.39. The number of ketones is 1. The molecule has 114 valence electrons. The van der Waals surface area contributed by atoms with Crippen LogP contribution in [0.4, 0.5) is 0 Å². The lowest BCUT2D eigenvalue weighted by Gasteiger charge is -2.36. The lowest BCUT2D eigenvalue weighted by Crippen LogP contribution is -2.51. The van der Waals surface area contributed by atoms with Gasteiger partial charge < -0.3 is 9.64 Å². The highest BCUT2D eigenvalue weighted by atomic mass is 16.5. The molecule has 1 saturated heterocycles. The predicted octanol–water partition coefficient (Wildman–Crippen LogP) is 1.88. The summed E-state index contributed by atoms with van der Waals surface area (Å²) in [4.78, 5) is 17.6. The Bertz CT molecular complexity index is 548. The second kappa shape index (κ2) is 5.78. The molecule has 0 saturated carbocycles. The minimum Gasteiger partial charge on any atom is -0.493 e. The van der Waals surface area contributed by atoms with E-state index in [2.05, 4.69) is 30.7 Å². The summed E-state index contributed by atoms with van der Waals surface area (Å²) in [7, 11) is 2.14. The summed E-state index contributed by atoms with van der Waals surface area (Å²) in [6.07, 6.45) is 0.787. The molecule has 4 heteroatoms. The summed E-state index contributed by atoms with van der Waals surface area (Å²) in [5.74, 6) is 0.995. The van der Waals surface area contributed by atoms with E-state index in [9.17, 15) is 4.79 Å². The molecule has 2 heterocycles. The van der Waals surface area contributed by atoms with Crippen molar-refractivity contribution in [3.8, 4) is 5.75 Å². The van der Waals surface area contributed by atoms with Crippen molar-refractivity contribution in [3.05, 3.63) is 28.8 Å². The van der Waals surface area contributed by atoms with E-state index in [4.69, 9.17) is 4.74 Å². The highest BCUT2D eigenvalue weighted by Crippen LogP contribution is 2.29. The highest BCUT2D eigenvalue weighted by Gasteiger charge is 2.32. The van der Waals surface area contributed by atoms with Crippen LogP contribution in [0.15, 0.2) is 12.1 Å². The zero-order chi connectivity index (χ0) is 15.0. The van der Waals surface area contributed by atoms with E-state index in [0.717, 1.165) is 49.5 Å². The van der Waals surface area contributed by atoms with Gasteiger partial charge in [-0.2, -0.15) is 0 Å². The molecule has 1 atom stereocenters. The molecule has 2 aliphatic heterocycles. The minimum atomic E-state index is -0.0259. The monoisotopic (exact) mass is 288 g/mol. The maximum atomic E-state index is 12.9. The smallest absolute Gasteiger partial charge is 0.183 e. The number of hydrogen-bond acceptors (Lipinski definition) is 4. The molecule has 0 bridgehead atoms. The van der Waals surface area contributed by atoms with Crippen LogP contribution >= 0.6 is 0 Å². The van der Waals surface area contributed by atoms with Gasteiger partial charge in [0.05, 0.1) is 18.2 Å². The van der Waals surface area contributed by atoms with Crippen LogP contribution in [0.25, 0.3) is 0 Å². The Kier molecular flexibility index (Phi) is 4.00. The third kappa shape index (κ3) is 2.83. The Balaban J connectivity index is 1.87. The highest BCUT2D eigenvalue weighted by molar-refractivity contribution is 6.03. The molecular weight excluding hydrogens is 264 g/mol. The minimum absolute atomic E-state index is 0.0259. The molecule has 1 unspecified atom stereocenters. The van der Waals surface area contributed by atoms with E-state index in [1.165, 1.54) is 5.56 Å². The van der Waals surface area contributed by atoms with Gasteiger partial charge in [-0.3, -0.25) is 9.69 Å². The number of hydrogen-bond donors (Lipinski definition) is 0. The molecule has 1 aromatic carbocycles. The molecule has 1 fully saturated rings. The Morgan fingerprint density at radius 2 is 1.76 bits per heavy atom. The fourth-order valence-corrected chi connectivity index (χ4v) is 3.17. The van der Waals surface area contributed by atoms with Crippen LogP contribution in [0.5, 0.6) is 5.75 Å². The number of carbonyl (C=O) groups is 1. The number of rotatable bonds is 1. The molecule has 1 aromatic rings. The first-order chi connectivity index (χ1) is 10.1. The van der Waals surface area contributed by atoms with Gasteiger partial charge in [-0.05, 0) is 44.2 Å². The zero-order valence-corrected chi connectivity index (χ0v) is 13.2. The van der Waals surface area contributed by atoms with Crippen LogP contribution in [0, 0.1) is 13.8 Å². The van der Waals surface area contributed by atoms with Crippen LogP contribution in [0.2, 0.25) is 0 Å². The van der Waals surface area contributed by atoms with E-state index in [0.29, 0.717) is 6.61 Å².